The van der Waals surface area contributed by atoms with Gasteiger partial charge in [-0.25, -0.2) is 0 Å². The van der Waals surface area contributed by atoms with Gasteiger partial charge in [0.2, 0.25) is 0 Å². The van der Waals surface area contributed by atoms with E-state index < -0.39 is 0 Å². The van der Waals surface area contributed by atoms with Crippen LogP contribution in [-0.4, -0.2) is 23.8 Å². The van der Waals surface area contributed by atoms with Crippen LogP contribution in [0.15, 0.2) is 11.8 Å². The van der Waals surface area contributed by atoms with Crippen molar-refractivity contribution in [2.24, 2.45) is 0 Å². The Hall–Kier alpha value is -0.310. The molecule has 0 N–H and O–H groups in total. The summed E-state index contributed by atoms with van der Waals surface area (Å²) in [7, 11) is 0. The number of Topliss-reactive ketones (excluding diaryl/α,β-unsaturated/α-hetero) is 1. The van der Waals surface area contributed by atoms with Crippen molar-refractivity contribution < 1.29 is 4.79 Å². The van der Waals surface area contributed by atoms with Gasteiger partial charge >= 0.3 is 0 Å². The molecule has 1 saturated carbocycles. The summed E-state index contributed by atoms with van der Waals surface area (Å²) in [6.45, 7) is 6.65. The van der Waals surface area contributed by atoms with Crippen molar-refractivity contribution >= 4 is 22.8 Å². The fraction of sp³-hybridized carbons (Fsp3) is 0.800. The summed E-state index contributed by atoms with van der Waals surface area (Å²) >= 11 is 0. The summed E-state index contributed by atoms with van der Waals surface area (Å²) in [5.74, 6) is 0.384. The van der Waals surface area contributed by atoms with Crippen LogP contribution in [0.2, 0.25) is 0 Å². The Kier molecular flexibility index (Phi) is 10.4. The van der Waals surface area contributed by atoms with Crippen LogP contribution in [0, 0.1) is 0 Å². The number of ketones is 1. The third kappa shape index (κ3) is 6.58. The number of rotatable bonds is 7. The molecule has 18 heavy (non-hydrogen) atoms. The second-order valence-corrected chi connectivity index (χ2v) is 5.03. The molecule has 2 nitrogen and oxygen atoms in total. The van der Waals surface area contributed by atoms with E-state index in [1.165, 1.54) is 32.1 Å². The predicted octanol–water partition coefficient (Wildman–Crippen LogP) is 4.49. The molecule has 0 aromatic carbocycles. The van der Waals surface area contributed by atoms with Crippen molar-refractivity contribution in [1.29, 1.82) is 0 Å². The Morgan fingerprint density at radius 3 is 2.11 bits per heavy atom. The van der Waals surface area contributed by atoms with Crippen LogP contribution in [0.3, 0.4) is 0 Å². The van der Waals surface area contributed by atoms with E-state index in [0.717, 1.165) is 37.9 Å². The van der Waals surface area contributed by atoms with E-state index in [1.54, 1.807) is 0 Å². The maximum atomic E-state index is 11.8. The fourth-order valence-electron chi connectivity index (χ4n) is 2.22. The molecular formula is C15H28BrNO. The van der Waals surface area contributed by atoms with Crippen LogP contribution in [-0.2, 0) is 4.79 Å². The topological polar surface area (TPSA) is 20.3 Å². The highest BCUT2D eigenvalue weighted by molar-refractivity contribution is 8.93. The molecule has 0 atom stereocenters. The van der Waals surface area contributed by atoms with E-state index in [1.807, 2.05) is 0 Å². The first kappa shape index (κ1) is 17.7. The number of unbranched alkanes of at least 4 members (excludes halogenated alkanes) is 2. The Balaban J connectivity index is 0.00000289. The first-order chi connectivity index (χ1) is 8.27. The summed E-state index contributed by atoms with van der Waals surface area (Å²) in [4.78, 5) is 14.1. The molecule has 0 saturated heterocycles. The van der Waals surface area contributed by atoms with Crippen molar-refractivity contribution in [2.75, 3.05) is 13.1 Å². The lowest BCUT2D eigenvalue weighted by Crippen LogP contribution is -2.22. The predicted molar refractivity (Wildman–Crippen MR) is 83.3 cm³/mol. The van der Waals surface area contributed by atoms with E-state index in [2.05, 4.69) is 24.9 Å². The second kappa shape index (κ2) is 10.6. The molecule has 0 aliphatic heterocycles. The van der Waals surface area contributed by atoms with Crippen molar-refractivity contribution in [2.45, 2.75) is 65.2 Å². The zero-order chi connectivity index (χ0) is 12.5. The second-order valence-electron chi connectivity index (χ2n) is 5.03. The zero-order valence-corrected chi connectivity index (χ0v) is 13.6. The molecule has 0 radical (unpaired) electrons. The van der Waals surface area contributed by atoms with Crippen molar-refractivity contribution in [3.05, 3.63) is 11.8 Å². The van der Waals surface area contributed by atoms with Crippen LogP contribution in [0.5, 0.6) is 0 Å². The minimum atomic E-state index is 0. The molecule has 0 spiro atoms. The van der Waals surface area contributed by atoms with Crippen LogP contribution in [0.1, 0.15) is 65.2 Å². The van der Waals surface area contributed by atoms with E-state index in [4.69, 9.17) is 0 Å². The van der Waals surface area contributed by atoms with E-state index in [-0.39, 0.29) is 17.0 Å². The van der Waals surface area contributed by atoms with Gasteiger partial charge in [-0.1, -0.05) is 26.7 Å². The zero-order valence-electron chi connectivity index (χ0n) is 11.9. The summed E-state index contributed by atoms with van der Waals surface area (Å²) in [5.41, 5.74) is 1.07. The van der Waals surface area contributed by atoms with Gasteiger partial charge < -0.3 is 4.90 Å². The van der Waals surface area contributed by atoms with Gasteiger partial charge in [0.15, 0.2) is 5.78 Å². The van der Waals surface area contributed by atoms with E-state index in [9.17, 15) is 4.79 Å². The molecule has 0 aromatic rings. The number of hydrogen-bond donors (Lipinski definition) is 0. The molecule has 0 aromatic heterocycles. The molecular weight excluding hydrogens is 290 g/mol. The van der Waals surface area contributed by atoms with Crippen molar-refractivity contribution in [1.82, 2.24) is 4.90 Å². The Bertz CT molecular complexity index is 255. The molecule has 0 bridgehead atoms. The smallest absolute Gasteiger partial charge is 0.160 e. The number of carbonyl (C=O) groups is 1. The van der Waals surface area contributed by atoms with Crippen molar-refractivity contribution in [3.63, 3.8) is 0 Å². The lowest BCUT2D eigenvalue weighted by atomic mass is 9.94. The molecule has 0 amide bonds. The molecule has 106 valence electrons. The average molecular weight is 318 g/mol. The Morgan fingerprint density at radius 1 is 1.06 bits per heavy atom. The Labute approximate surface area is 123 Å². The summed E-state index contributed by atoms with van der Waals surface area (Å²) in [5, 5.41) is 0. The summed E-state index contributed by atoms with van der Waals surface area (Å²) in [6.07, 6.45) is 11.1. The van der Waals surface area contributed by atoms with Gasteiger partial charge in [0.25, 0.3) is 0 Å². The Morgan fingerprint density at radius 2 is 1.61 bits per heavy atom. The van der Waals surface area contributed by atoms with Gasteiger partial charge in [0.1, 0.15) is 0 Å². The van der Waals surface area contributed by atoms with Gasteiger partial charge in [0, 0.05) is 31.3 Å². The van der Waals surface area contributed by atoms with Gasteiger partial charge in [-0.3, -0.25) is 4.79 Å². The number of halogens is 1. The highest BCUT2D eigenvalue weighted by atomic mass is 79.9. The van der Waals surface area contributed by atoms with Crippen LogP contribution < -0.4 is 0 Å². The van der Waals surface area contributed by atoms with Gasteiger partial charge in [-0.05, 0) is 32.1 Å². The van der Waals surface area contributed by atoms with Crippen LogP contribution in [0.25, 0.3) is 0 Å². The van der Waals surface area contributed by atoms with Crippen LogP contribution in [0.4, 0.5) is 0 Å². The third-order valence-corrected chi connectivity index (χ3v) is 3.39. The molecule has 3 heteroatoms. The van der Waals surface area contributed by atoms with E-state index >= 15 is 0 Å². The molecule has 1 aliphatic carbocycles. The standard InChI is InChI=1S/C15H27NO.BrH/c1-3-5-11-16(12-6-4-2)13-14-9-7-8-10-15(14)17;/h13H,3-12H2,1-2H3;1H/b14-13+;. The molecule has 1 aliphatic rings. The third-order valence-electron chi connectivity index (χ3n) is 3.39. The monoisotopic (exact) mass is 317 g/mol. The van der Waals surface area contributed by atoms with Crippen molar-refractivity contribution in [3.8, 4) is 0 Å². The van der Waals surface area contributed by atoms with E-state index in [0.29, 0.717) is 5.78 Å². The first-order valence-electron chi connectivity index (χ1n) is 7.25. The SMILES string of the molecule is Br.CCCCN(/C=C1\CCCCC1=O)CCCC. The van der Waals surface area contributed by atoms with Crippen LogP contribution >= 0.6 is 17.0 Å². The minimum absolute atomic E-state index is 0. The van der Waals surface area contributed by atoms with Gasteiger partial charge in [-0.15, -0.1) is 17.0 Å². The fourth-order valence-corrected chi connectivity index (χ4v) is 2.22. The van der Waals surface area contributed by atoms with Gasteiger partial charge in [0.05, 0.1) is 0 Å². The minimum Gasteiger partial charge on any atom is -0.377 e. The quantitative estimate of drug-likeness (QED) is 0.645. The molecule has 1 rings (SSSR count). The molecule has 0 heterocycles. The average Bonchev–Trinajstić information content (AvgIpc) is 2.35. The maximum Gasteiger partial charge on any atom is 0.160 e. The number of nitrogens with zero attached hydrogens (tertiary/aromatic N) is 1. The largest absolute Gasteiger partial charge is 0.377 e. The highest BCUT2D eigenvalue weighted by Crippen LogP contribution is 2.20. The molecule has 0 unspecified atom stereocenters. The highest BCUT2D eigenvalue weighted by Gasteiger charge is 2.15. The molecule has 1 fully saturated rings. The normalized spacial score (nSPS) is 17.7. The summed E-state index contributed by atoms with van der Waals surface area (Å²) in [6, 6.07) is 0. The number of hydrogen-bond acceptors (Lipinski definition) is 2. The first-order valence-corrected chi connectivity index (χ1v) is 7.25. The van der Waals surface area contributed by atoms with Gasteiger partial charge in [-0.2, -0.15) is 0 Å². The number of carbonyl (C=O) groups excluding carboxylic acids is 1. The number of allylic oxidation sites excluding steroid dienone is 1. The summed E-state index contributed by atoms with van der Waals surface area (Å²) < 4.78 is 0. The lowest BCUT2D eigenvalue weighted by Gasteiger charge is -2.23. The maximum absolute atomic E-state index is 11.8. The lowest BCUT2D eigenvalue weighted by molar-refractivity contribution is -0.116.